The molecule has 0 saturated carbocycles. The van der Waals surface area contributed by atoms with Crippen LogP contribution in [0.2, 0.25) is 0 Å². The number of aldehydes is 1. The van der Waals surface area contributed by atoms with Gasteiger partial charge in [-0.2, -0.15) is 0 Å². The number of carbonyl (C=O) groups is 4. The molecule has 192 valence electrons. The van der Waals surface area contributed by atoms with Crippen molar-refractivity contribution in [3.8, 4) is 0 Å². The highest BCUT2D eigenvalue weighted by Crippen LogP contribution is 2.51. The number of unbranched alkanes of at least 4 members (excludes halogenated alkanes) is 2. The average molecular weight is 491 g/mol. The second kappa shape index (κ2) is 18.2. The van der Waals surface area contributed by atoms with Gasteiger partial charge in [0.15, 0.2) is 6.29 Å². The maximum absolute atomic E-state index is 13.4. The van der Waals surface area contributed by atoms with E-state index < -0.39 is 37.7 Å². The lowest BCUT2D eigenvalue weighted by Gasteiger charge is -2.24. The van der Waals surface area contributed by atoms with Crippen molar-refractivity contribution >= 4 is 31.5 Å². The van der Waals surface area contributed by atoms with Gasteiger partial charge in [-0.1, -0.05) is 73.1 Å². The normalized spacial score (nSPS) is 15.9. The van der Waals surface area contributed by atoms with E-state index in [1.165, 1.54) is 0 Å². The predicted octanol–water partition coefficient (Wildman–Crippen LogP) is 5.51. The molecule has 0 radical (unpaired) electrons. The molecule has 0 N–H and O–H groups in total. The van der Waals surface area contributed by atoms with Crippen LogP contribution in [-0.2, 0) is 37.3 Å². The lowest BCUT2D eigenvalue weighted by molar-refractivity contribution is -0.147. The van der Waals surface area contributed by atoms with Crippen molar-refractivity contribution < 1.29 is 37.3 Å². The second-order valence-electron chi connectivity index (χ2n) is 8.45. The fourth-order valence-corrected chi connectivity index (χ4v) is 4.59. The lowest BCUT2D eigenvalue weighted by Crippen LogP contribution is -2.32. The van der Waals surface area contributed by atoms with Crippen LogP contribution in [0.15, 0.2) is 0 Å². The Kier molecular flexibility index (Phi) is 17.5. The molecule has 33 heavy (non-hydrogen) atoms. The molecular formula is C24H43O8P. The molecule has 0 aliphatic carbocycles. The number of Topliss-reactive ketones (excluding diaryl/α,β-unsaturated/α-hetero) is 3. The van der Waals surface area contributed by atoms with Gasteiger partial charge in [-0.3, -0.25) is 32.7 Å². The number of ketones is 3. The Hall–Kier alpha value is -1.21. The Morgan fingerprint density at radius 3 is 1.58 bits per heavy atom. The van der Waals surface area contributed by atoms with Crippen LogP contribution in [-0.4, -0.2) is 43.5 Å². The molecule has 0 rings (SSSR count). The van der Waals surface area contributed by atoms with E-state index in [1.54, 1.807) is 6.92 Å². The molecule has 0 aliphatic rings. The second-order valence-corrected chi connectivity index (χ2v) is 10.1. The fraction of sp³-hybridized carbons (Fsp3) is 0.833. The van der Waals surface area contributed by atoms with Crippen LogP contribution >= 0.6 is 7.82 Å². The molecule has 3 atom stereocenters. The van der Waals surface area contributed by atoms with Crippen LogP contribution in [0.1, 0.15) is 92.4 Å². The SMILES string of the molecule is CCCCC(CC)COP(=O)(OCC(CC)CCCC)OCC(CC)C(=O)C(=O)C(=O)C=O. The number of phosphoric ester groups is 1. The summed E-state index contributed by atoms with van der Waals surface area (Å²) in [7, 11) is -4.00. The van der Waals surface area contributed by atoms with Gasteiger partial charge in [0.05, 0.1) is 19.8 Å². The predicted molar refractivity (Wildman–Crippen MR) is 127 cm³/mol. The van der Waals surface area contributed by atoms with Gasteiger partial charge in [0.1, 0.15) is 0 Å². The van der Waals surface area contributed by atoms with E-state index in [1.807, 2.05) is 13.8 Å². The van der Waals surface area contributed by atoms with Crippen LogP contribution in [0.5, 0.6) is 0 Å². The van der Waals surface area contributed by atoms with Gasteiger partial charge in [-0.25, -0.2) is 4.57 Å². The summed E-state index contributed by atoms with van der Waals surface area (Å²) in [5, 5.41) is 0. The van der Waals surface area contributed by atoms with Gasteiger partial charge in [0.2, 0.25) is 5.78 Å². The summed E-state index contributed by atoms with van der Waals surface area (Å²) in [5.41, 5.74) is 0. The van der Waals surface area contributed by atoms with E-state index in [0.717, 1.165) is 51.4 Å². The van der Waals surface area contributed by atoms with E-state index in [9.17, 15) is 23.7 Å². The molecule has 0 heterocycles. The number of rotatable bonds is 22. The van der Waals surface area contributed by atoms with E-state index >= 15 is 0 Å². The number of hydrogen-bond acceptors (Lipinski definition) is 8. The van der Waals surface area contributed by atoms with Crippen molar-refractivity contribution in [3.63, 3.8) is 0 Å². The van der Waals surface area contributed by atoms with Crippen molar-refractivity contribution in [2.75, 3.05) is 19.8 Å². The molecule has 0 amide bonds. The number of carbonyl (C=O) groups excluding carboxylic acids is 4. The van der Waals surface area contributed by atoms with Crippen LogP contribution < -0.4 is 0 Å². The van der Waals surface area contributed by atoms with E-state index in [-0.39, 0.29) is 37.8 Å². The van der Waals surface area contributed by atoms with Crippen molar-refractivity contribution in [3.05, 3.63) is 0 Å². The molecule has 0 aromatic rings. The van der Waals surface area contributed by atoms with Gasteiger partial charge < -0.3 is 0 Å². The largest absolute Gasteiger partial charge is 0.474 e. The van der Waals surface area contributed by atoms with Gasteiger partial charge in [0.25, 0.3) is 11.6 Å². The highest BCUT2D eigenvalue weighted by molar-refractivity contribution is 7.48. The van der Waals surface area contributed by atoms with Gasteiger partial charge in [-0.05, 0) is 31.1 Å². The Labute approximate surface area is 199 Å². The minimum atomic E-state index is -4.00. The molecule has 9 heteroatoms. The summed E-state index contributed by atoms with van der Waals surface area (Å²) in [6, 6.07) is 0. The Morgan fingerprint density at radius 1 is 0.758 bits per heavy atom. The zero-order chi connectivity index (χ0) is 25.3. The quantitative estimate of drug-likeness (QED) is 0.0845. The third-order valence-electron chi connectivity index (χ3n) is 5.88. The molecule has 0 saturated heterocycles. The molecule has 0 aliphatic heterocycles. The minimum absolute atomic E-state index is 0.166. The van der Waals surface area contributed by atoms with E-state index in [0.29, 0.717) is 0 Å². The maximum atomic E-state index is 13.4. The first-order valence-corrected chi connectivity index (χ1v) is 13.8. The zero-order valence-corrected chi connectivity index (χ0v) is 21.9. The summed E-state index contributed by atoms with van der Waals surface area (Å²) < 4.78 is 30.3. The number of phosphoric acid groups is 1. The van der Waals surface area contributed by atoms with Crippen LogP contribution in [0.3, 0.4) is 0 Å². The molecule has 0 fully saturated rings. The average Bonchev–Trinajstić information content (AvgIpc) is 2.83. The summed E-state index contributed by atoms with van der Waals surface area (Å²) in [6.45, 7) is 9.91. The van der Waals surface area contributed by atoms with Crippen LogP contribution in [0.4, 0.5) is 0 Å². The topological polar surface area (TPSA) is 113 Å². The van der Waals surface area contributed by atoms with E-state index in [4.69, 9.17) is 13.6 Å². The van der Waals surface area contributed by atoms with Gasteiger partial charge >= 0.3 is 7.82 Å². The van der Waals surface area contributed by atoms with Crippen molar-refractivity contribution in [2.24, 2.45) is 17.8 Å². The van der Waals surface area contributed by atoms with Crippen molar-refractivity contribution in [1.82, 2.24) is 0 Å². The number of hydrogen-bond donors (Lipinski definition) is 0. The molecule has 0 spiro atoms. The van der Waals surface area contributed by atoms with Gasteiger partial charge in [0, 0.05) is 5.92 Å². The first kappa shape index (κ1) is 31.8. The van der Waals surface area contributed by atoms with Gasteiger partial charge in [-0.15, -0.1) is 0 Å². The summed E-state index contributed by atoms with van der Waals surface area (Å²) in [4.78, 5) is 45.9. The van der Waals surface area contributed by atoms with Crippen LogP contribution in [0, 0.1) is 17.8 Å². The van der Waals surface area contributed by atoms with Crippen LogP contribution in [0.25, 0.3) is 0 Å². The summed E-state index contributed by atoms with van der Waals surface area (Å²) in [5.74, 6) is -4.47. The molecule has 0 aromatic heterocycles. The smallest absolute Gasteiger partial charge is 0.294 e. The molecule has 0 bridgehead atoms. The third-order valence-corrected chi connectivity index (χ3v) is 7.27. The minimum Gasteiger partial charge on any atom is -0.294 e. The van der Waals surface area contributed by atoms with E-state index in [2.05, 4.69) is 13.8 Å². The zero-order valence-electron chi connectivity index (χ0n) is 21.0. The first-order chi connectivity index (χ1) is 15.7. The highest BCUT2D eigenvalue weighted by atomic mass is 31.2. The molecular weight excluding hydrogens is 447 g/mol. The molecule has 0 aromatic carbocycles. The fourth-order valence-electron chi connectivity index (χ4n) is 3.22. The van der Waals surface area contributed by atoms with Crippen molar-refractivity contribution in [2.45, 2.75) is 92.4 Å². The molecule has 3 unspecified atom stereocenters. The third kappa shape index (κ3) is 12.7. The Bertz CT molecular complexity index is 624. The maximum Gasteiger partial charge on any atom is 0.474 e. The standard InChI is InChI=1S/C24H43O8P/c1-6-11-13-19(8-3)16-30-33(29,31-17-20(9-4)14-12-7-2)32-18-21(10-5)23(27)24(28)22(26)15-25/h15,19-21H,6-14,16-18H2,1-5H3. The Balaban J connectivity index is 5.33. The first-order valence-electron chi connectivity index (χ1n) is 12.3. The molecule has 8 nitrogen and oxygen atoms in total. The summed E-state index contributed by atoms with van der Waals surface area (Å²) >= 11 is 0. The summed E-state index contributed by atoms with van der Waals surface area (Å²) in [6.07, 6.45) is 7.70. The Morgan fingerprint density at radius 2 is 1.21 bits per heavy atom. The highest BCUT2D eigenvalue weighted by Gasteiger charge is 2.34. The monoisotopic (exact) mass is 490 g/mol. The van der Waals surface area contributed by atoms with Crippen molar-refractivity contribution in [1.29, 1.82) is 0 Å². The lowest BCUT2D eigenvalue weighted by atomic mass is 9.97.